The molecule has 0 spiro atoms. The second-order valence-corrected chi connectivity index (χ2v) is 19.1. The van der Waals surface area contributed by atoms with Crippen molar-refractivity contribution in [1.29, 1.82) is 0 Å². The van der Waals surface area contributed by atoms with Gasteiger partial charge in [-0.15, -0.1) is 5.10 Å². The number of hydrogen-bond donors (Lipinski definition) is 4. The number of nitro groups is 1. The monoisotopic (exact) mass is 930 g/mol. The van der Waals surface area contributed by atoms with Crippen molar-refractivity contribution >= 4 is 23.2 Å². The van der Waals surface area contributed by atoms with Crippen molar-refractivity contribution in [3.05, 3.63) is 51.8 Å². The molecule has 2 aliphatic heterocycles. The fourth-order valence-corrected chi connectivity index (χ4v) is 9.67. The van der Waals surface area contributed by atoms with E-state index in [1.165, 1.54) is 26.2 Å². The van der Waals surface area contributed by atoms with Crippen molar-refractivity contribution in [3.8, 4) is 0 Å². The van der Waals surface area contributed by atoms with Gasteiger partial charge in [0.2, 0.25) is 0 Å². The average Bonchev–Trinajstić information content (AvgIpc) is 3.78. The van der Waals surface area contributed by atoms with E-state index >= 15 is 0 Å². The number of nitro benzene ring substituents is 1. The van der Waals surface area contributed by atoms with Crippen LogP contribution in [0.3, 0.4) is 0 Å². The number of nitrogens with zero attached hydrogens (tertiary/aromatic N) is 6. The third-order valence-electron chi connectivity index (χ3n) is 14.5. The molecule has 370 valence electrons. The van der Waals surface area contributed by atoms with Crippen LogP contribution in [0.15, 0.2) is 35.6 Å². The van der Waals surface area contributed by atoms with Crippen LogP contribution in [0.4, 0.5) is 5.69 Å². The Hall–Kier alpha value is -3.95. The summed E-state index contributed by atoms with van der Waals surface area (Å²) in [5.41, 5.74) is 5.21. The van der Waals surface area contributed by atoms with Crippen molar-refractivity contribution in [2.75, 3.05) is 20.7 Å². The van der Waals surface area contributed by atoms with Gasteiger partial charge >= 0.3 is 5.97 Å². The van der Waals surface area contributed by atoms with Crippen LogP contribution in [0, 0.1) is 27.9 Å². The van der Waals surface area contributed by atoms with Crippen LogP contribution >= 0.6 is 0 Å². The number of Topliss-reactive ketones (excluding diaryl/α,β-unsaturated/α-hetero) is 1. The van der Waals surface area contributed by atoms with E-state index < -0.39 is 82.4 Å². The zero-order valence-electron chi connectivity index (χ0n) is 40.3. The molecule has 5 N–H and O–H groups in total. The van der Waals surface area contributed by atoms with Crippen molar-refractivity contribution in [2.45, 2.75) is 192 Å². The predicted molar refractivity (Wildman–Crippen MR) is 244 cm³/mol. The van der Waals surface area contributed by atoms with E-state index in [4.69, 9.17) is 29.5 Å². The molecule has 5 rings (SSSR count). The lowest BCUT2D eigenvalue weighted by atomic mass is 9.75. The van der Waals surface area contributed by atoms with Crippen LogP contribution in [0.1, 0.15) is 118 Å². The number of hydrogen-bond acceptors (Lipinski definition) is 17. The molecule has 12 atom stereocenters. The van der Waals surface area contributed by atoms with E-state index in [-0.39, 0.29) is 49.6 Å². The van der Waals surface area contributed by atoms with Crippen molar-refractivity contribution in [1.82, 2.24) is 19.9 Å². The molecule has 3 aliphatic rings. The summed E-state index contributed by atoms with van der Waals surface area (Å²) < 4.78 is 27.0. The number of ether oxygens (including phenoxy) is 4. The fraction of sp³-hybridized carbons (Fsp3) is 0.766. The number of aromatic nitrogens is 3. The van der Waals surface area contributed by atoms with Gasteiger partial charge in [-0.25, -0.2) is 0 Å². The Morgan fingerprint density at radius 1 is 1.06 bits per heavy atom. The maximum atomic E-state index is 14.4. The number of rotatable bonds is 15. The molecule has 3 fully saturated rings. The highest BCUT2D eigenvalue weighted by Crippen LogP contribution is 2.38. The highest BCUT2D eigenvalue weighted by atomic mass is 16.7. The third kappa shape index (κ3) is 12.8. The highest BCUT2D eigenvalue weighted by molar-refractivity contribution is 6.00. The van der Waals surface area contributed by atoms with Crippen LogP contribution in [0.25, 0.3) is 0 Å². The van der Waals surface area contributed by atoms with Crippen LogP contribution < -0.4 is 5.73 Å². The molecule has 1 aliphatic carbocycles. The predicted octanol–water partition coefficient (Wildman–Crippen LogP) is 4.30. The number of benzene rings is 1. The van der Waals surface area contributed by atoms with E-state index in [2.05, 4.69) is 15.5 Å². The first-order valence-corrected chi connectivity index (χ1v) is 23.7. The molecule has 19 heteroatoms. The van der Waals surface area contributed by atoms with Gasteiger partial charge in [0.15, 0.2) is 12.1 Å². The van der Waals surface area contributed by atoms with Gasteiger partial charge in [0, 0.05) is 68.9 Å². The largest absolute Gasteiger partial charge is 0.459 e. The summed E-state index contributed by atoms with van der Waals surface area (Å²) in [7, 11) is 3.42. The Morgan fingerprint density at radius 2 is 1.74 bits per heavy atom. The maximum absolute atomic E-state index is 14.4. The number of likely N-dealkylation sites (N-methyl/N-ethyl adjacent to an activating group) is 1. The van der Waals surface area contributed by atoms with Gasteiger partial charge in [-0.05, 0) is 97.6 Å². The Balaban J connectivity index is 1.36. The van der Waals surface area contributed by atoms with Crippen LogP contribution in [-0.2, 0) is 52.8 Å². The number of cyclic esters (lactones) is 1. The number of aryl methyl sites for hydroxylation is 2. The summed E-state index contributed by atoms with van der Waals surface area (Å²) in [5, 5.41) is 60.4. The smallest absolute Gasteiger partial charge is 0.316 e. The lowest BCUT2D eigenvalue weighted by Crippen LogP contribution is -2.60. The van der Waals surface area contributed by atoms with Gasteiger partial charge in [0.05, 0.1) is 40.2 Å². The van der Waals surface area contributed by atoms with E-state index in [0.29, 0.717) is 38.1 Å². The summed E-state index contributed by atoms with van der Waals surface area (Å²) in [6.45, 7) is 13.1. The Kier molecular flexibility index (Phi) is 18.8. The molecule has 0 amide bonds. The van der Waals surface area contributed by atoms with E-state index in [9.17, 15) is 35.0 Å². The number of methoxy groups -OCH3 is 1. The molecule has 19 nitrogen and oxygen atoms in total. The first kappa shape index (κ1) is 53.0. The minimum absolute atomic E-state index is 0.0393. The lowest BCUT2D eigenvalue weighted by molar-refractivity contribution is -0.384. The van der Waals surface area contributed by atoms with Crippen LogP contribution in [0.5, 0.6) is 0 Å². The van der Waals surface area contributed by atoms with Crippen molar-refractivity contribution in [3.63, 3.8) is 0 Å². The molecule has 0 bridgehead atoms. The molecule has 2 saturated heterocycles. The van der Waals surface area contributed by atoms with Gasteiger partial charge in [0.1, 0.15) is 29.8 Å². The second kappa shape index (κ2) is 23.4. The Bertz CT molecular complexity index is 1930. The standard InChI is InChI=1S/C47H75N7O12/c1-10-39-47(59,11-2)42(57)29(4)37(50-66-36-18-14-33(48)15-19-36)20-23-46(7,62-9)43(30(5)40(55)31(6)44(58)64-39)65-45-41(56)38(26-28(3)63-45)52(8)24-22-34-27-53(51-49-34)25-21-32-12-16-35(17-13-32)54(60)61/h12-13,16-17,27-31,33,36,38-39,41-43,45,56-57,59H,10-11,14-15,18-26,48H2,1-9H3/b50-37+/t28-,29+,30+,31-,33-,36+,38+,39-,41-,42-,43-,45+,46-,47-/m1/s1. The van der Waals surface area contributed by atoms with Crippen LogP contribution in [-0.4, -0.2) is 145 Å². The lowest BCUT2D eigenvalue weighted by Gasteiger charge is -2.47. The third-order valence-corrected chi connectivity index (χ3v) is 14.5. The maximum Gasteiger partial charge on any atom is 0.316 e. The van der Waals surface area contributed by atoms with Crippen LogP contribution in [0.2, 0.25) is 0 Å². The normalized spacial score (nSPS) is 35.9. The minimum Gasteiger partial charge on any atom is -0.459 e. The summed E-state index contributed by atoms with van der Waals surface area (Å²) in [4.78, 5) is 47.0. The first-order valence-electron chi connectivity index (χ1n) is 23.7. The van der Waals surface area contributed by atoms with Gasteiger partial charge in [-0.2, -0.15) is 0 Å². The summed E-state index contributed by atoms with van der Waals surface area (Å²) in [6, 6.07) is 6.11. The van der Waals surface area contributed by atoms with Crippen molar-refractivity contribution < 1.29 is 53.6 Å². The summed E-state index contributed by atoms with van der Waals surface area (Å²) in [5.74, 6) is -4.36. The van der Waals surface area contributed by atoms with E-state index in [1.54, 1.807) is 51.4 Å². The van der Waals surface area contributed by atoms with Crippen molar-refractivity contribution in [2.24, 2.45) is 28.6 Å². The molecule has 1 saturated carbocycles. The molecular formula is C47H75N7O12. The number of ketones is 1. The molecule has 66 heavy (non-hydrogen) atoms. The number of aliphatic hydroxyl groups is 3. The average molecular weight is 930 g/mol. The first-order chi connectivity index (χ1) is 31.2. The second-order valence-electron chi connectivity index (χ2n) is 19.1. The fourth-order valence-electron chi connectivity index (χ4n) is 9.67. The van der Waals surface area contributed by atoms with Gasteiger partial charge in [-0.3, -0.25) is 24.4 Å². The number of carbonyl (C=O) groups is 2. The number of aliphatic hydroxyl groups excluding tert-OH is 2. The minimum atomic E-state index is -1.87. The number of oxime groups is 1. The molecule has 1 aromatic heterocycles. The molecule has 0 radical (unpaired) electrons. The number of esters is 1. The molecule has 1 aromatic carbocycles. The SMILES string of the molecule is CC[C@H]1OC(=O)[C@H](C)C(=O)[C@H](C)[C@@H](O[C@@H]2O[C@H](C)C[C@H](N(C)CCc3cn(CCc4ccc([N+](=O)[O-])cc4)nn3)[C@H]2O)[C@](C)(OC)CC/C(=N\O[C@H]2CC[C@@H](N)CC2)[C@H](C)[C@@H](O)[C@@]1(O)CC. The van der Waals surface area contributed by atoms with Gasteiger partial charge < -0.3 is 49.7 Å². The summed E-state index contributed by atoms with van der Waals surface area (Å²) >= 11 is 0. The number of nitrogens with two attached hydrogens (primary N) is 1. The molecule has 0 unspecified atom stereocenters. The number of carbonyl (C=O) groups excluding carboxylic acids is 2. The quantitative estimate of drug-likeness (QED) is 0.0841. The van der Waals surface area contributed by atoms with E-state index in [0.717, 1.165) is 36.9 Å². The zero-order chi connectivity index (χ0) is 48.5. The Morgan fingerprint density at radius 3 is 2.36 bits per heavy atom. The molecule has 3 heterocycles. The molecule has 2 aromatic rings. The zero-order valence-corrected chi connectivity index (χ0v) is 40.3. The topological polar surface area (TPSA) is 256 Å². The van der Waals surface area contributed by atoms with Gasteiger partial charge in [0.25, 0.3) is 5.69 Å². The summed E-state index contributed by atoms with van der Waals surface area (Å²) in [6.07, 6.45) is 0.639. The highest BCUT2D eigenvalue weighted by Gasteiger charge is 2.51. The van der Waals surface area contributed by atoms with Gasteiger partial charge in [-0.1, -0.05) is 50.2 Å². The molecular weight excluding hydrogens is 855 g/mol. The number of non-ortho nitro benzene ring substituents is 1. The Labute approximate surface area is 388 Å². The van der Waals surface area contributed by atoms with E-state index in [1.807, 2.05) is 25.1 Å².